The summed E-state index contributed by atoms with van der Waals surface area (Å²) in [4.78, 5) is 16.1. The summed E-state index contributed by atoms with van der Waals surface area (Å²) in [5.41, 5.74) is 3.12. The Balaban J connectivity index is 1.44. The van der Waals surface area contributed by atoms with Gasteiger partial charge in [0.15, 0.2) is 0 Å². The zero-order valence-electron chi connectivity index (χ0n) is 15.3. The molecular weight excluding hydrogens is 374 g/mol. The van der Waals surface area contributed by atoms with Crippen LogP contribution in [0.1, 0.15) is 28.2 Å². The number of rotatable bonds is 5. The first-order chi connectivity index (χ1) is 13.8. The highest BCUT2D eigenvalue weighted by Crippen LogP contribution is 2.34. The van der Waals surface area contributed by atoms with Crippen LogP contribution in [0, 0.1) is 0 Å². The Labute approximate surface area is 166 Å². The van der Waals surface area contributed by atoms with E-state index in [0.717, 1.165) is 42.2 Å². The van der Waals surface area contributed by atoms with Crippen LogP contribution >= 0.6 is 11.3 Å². The van der Waals surface area contributed by atoms with Gasteiger partial charge in [0, 0.05) is 30.0 Å². The summed E-state index contributed by atoms with van der Waals surface area (Å²) < 4.78 is 10.9. The van der Waals surface area contributed by atoms with Gasteiger partial charge in [-0.25, -0.2) is 4.98 Å². The summed E-state index contributed by atoms with van der Waals surface area (Å²) in [7, 11) is 1.65. The molecule has 0 saturated carbocycles. The number of H-pyrrole nitrogens is 1. The summed E-state index contributed by atoms with van der Waals surface area (Å²) in [5.74, 6) is 2.01. The summed E-state index contributed by atoms with van der Waals surface area (Å²) in [6, 6.07) is 11.9. The van der Waals surface area contributed by atoms with Crippen molar-refractivity contribution in [3.8, 4) is 17.1 Å². The van der Waals surface area contributed by atoms with E-state index in [1.54, 1.807) is 24.8 Å². The second kappa shape index (κ2) is 7.21. The molecule has 7 nitrogen and oxygen atoms in total. The van der Waals surface area contributed by atoms with Crippen molar-refractivity contribution >= 4 is 11.3 Å². The molecule has 0 aliphatic carbocycles. The van der Waals surface area contributed by atoms with Gasteiger partial charge in [0.2, 0.25) is 11.7 Å². The second-order valence-corrected chi connectivity index (χ2v) is 7.75. The molecule has 8 heteroatoms. The maximum absolute atomic E-state index is 5.69. The minimum absolute atomic E-state index is 0.00241. The van der Waals surface area contributed by atoms with Crippen LogP contribution in [-0.2, 0) is 19.5 Å². The van der Waals surface area contributed by atoms with Crippen molar-refractivity contribution in [1.29, 1.82) is 0 Å². The van der Waals surface area contributed by atoms with Crippen molar-refractivity contribution in [3.05, 3.63) is 70.3 Å². The number of thiophene rings is 1. The average Bonchev–Trinajstić information content (AvgIpc) is 3.49. The lowest BCUT2D eigenvalue weighted by Crippen LogP contribution is -2.34. The molecule has 4 aromatic rings. The molecule has 1 aliphatic heterocycles. The van der Waals surface area contributed by atoms with Crippen molar-refractivity contribution < 1.29 is 9.26 Å². The average molecular weight is 393 g/mol. The highest BCUT2D eigenvalue weighted by molar-refractivity contribution is 7.09. The van der Waals surface area contributed by atoms with Gasteiger partial charge < -0.3 is 14.2 Å². The zero-order valence-corrected chi connectivity index (χ0v) is 16.1. The molecule has 3 aromatic heterocycles. The van der Waals surface area contributed by atoms with E-state index >= 15 is 0 Å². The first-order valence-electron chi connectivity index (χ1n) is 9.06. The fourth-order valence-corrected chi connectivity index (χ4v) is 4.26. The zero-order chi connectivity index (χ0) is 18.9. The Morgan fingerprint density at radius 2 is 2.18 bits per heavy atom. The number of fused-ring (bicyclic) bond motifs is 1. The number of benzene rings is 1. The smallest absolute Gasteiger partial charge is 0.244 e. The lowest BCUT2D eigenvalue weighted by atomic mass is 10.0. The summed E-state index contributed by atoms with van der Waals surface area (Å²) in [5, 5.41) is 6.31. The number of imidazole rings is 1. The molecule has 5 rings (SSSR count). The molecule has 4 heterocycles. The van der Waals surface area contributed by atoms with E-state index < -0.39 is 0 Å². The first kappa shape index (κ1) is 17.2. The third kappa shape index (κ3) is 3.21. The number of nitrogens with zero attached hydrogens (tertiary/aromatic N) is 4. The molecule has 142 valence electrons. The fourth-order valence-electron chi connectivity index (χ4n) is 3.53. The number of hydrogen-bond acceptors (Lipinski definition) is 7. The van der Waals surface area contributed by atoms with Crippen molar-refractivity contribution in [1.82, 2.24) is 25.0 Å². The van der Waals surface area contributed by atoms with Gasteiger partial charge in [-0.3, -0.25) is 4.90 Å². The van der Waals surface area contributed by atoms with Gasteiger partial charge in [-0.2, -0.15) is 4.98 Å². The molecule has 0 spiro atoms. The largest absolute Gasteiger partial charge is 0.497 e. The molecule has 28 heavy (non-hydrogen) atoms. The van der Waals surface area contributed by atoms with Crippen molar-refractivity contribution in [3.63, 3.8) is 0 Å². The van der Waals surface area contributed by atoms with Crippen molar-refractivity contribution in [2.45, 2.75) is 25.6 Å². The van der Waals surface area contributed by atoms with Crippen LogP contribution in [0.4, 0.5) is 0 Å². The number of aromatic amines is 1. The molecule has 1 aromatic carbocycles. The summed E-state index contributed by atoms with van der Waals surface area (Å²) in [6.07, 6.45) is 2.50. The Kier molecular flexibility index (Phi) is 4.42. The highest BCUT2D eigenvalue weighted by atomic mass is 32.1. The van der Waals surface area contributed by atoms with Crippen LogP contribution in [-0.4, -0.2) is 32.1 Å². The van der Waals surface area contributed by atoms with E-state index in [1.165, 1.54) is 4.88 Å². The van der Waals surface area contributed by atoms with Gasteiger partial charge in [0.1, 0.15) is 5.75 Å². The lowest BCUT2D eigenvalue weighted by molar-refractivity contribution is 0.129. The molecule has 1 N–H and O–H groups in total. The Morgan fingerprint density at radius 3 is 2.96 bits per heavy atom. The number of ether oxygens (including phenoxy) is 1. The van der Waals surface area contributed by atoms with Crippen molar-refractivity contribution in [2.24, 2.45) is 0 Å². The van der Waals surface area contributed by atoms with Gasteiger partial charge in [-0.1, -0.05) is 11.2 Å². The molecule has 0 unspecified atom stereocenters. The molecule has 1 atom stereocenters. The maximum Gasteiger partial charge on any atom is 0.244 e. The van der Waals surface area contributed by atoms with E-state index in [4.69, 9.17) is 14.2 Å². The minimum Gasteiger partial charge on any atom is -0.497 e. The SMILES string of the molecule is COc1ccc(-c2noc([C@@H]3Cc4nc[nH]c4CN3Cc3cccs3)n2)cc1. The molecule has 0 amide bonds. The predicted molar refractivity (Wildman–Crippen MR) is 105 cm³/mol. The molecular formula is C20H19N5O2S. The number of aromatic nitrogens is 4. The third-order valence-corrected chi connectivity index (χ3v) is 5.87. The Bertz CT molecular complexity index is 1050. The van der Waals surface area contributed by atoms with Crippen LogP contribution in [0.15, 0.2) is 52.6 Å². The van der Waals surface area contributed by atoms with Crippen LogP contribution in [0.2, 0.25) is 0 Å². The first-order valence-corrected chi connectivity index (χ1v) is 9.93. The Hall–Kier alpha value is -2.97. The number of nitrogens with one attached hydrogen (secondary N) is 1. The molecule has 0 radical (unpaired) electrons. The number of methoxy groups -OCH3 is 1. The normalized spacial score (nSPS) is 16.8. The molecule has 0 fully saturated rings. The van der Waals surface area contributed by atoms with Gasteiger partial charge >= 0.3 is 0 Å². The molecule has 0 saturated heterocycles. The van der Waals surface area contributed by atoms with Crippen LogP contribution in [0.3, 0.4) is 0 Å². The van der Waals surface area contributed by atoms with Crippen LogP contribution < -0.4 is 4.74 Å². The topological polar surface area (TPSA) is 80.1 Å². The van der Waals surface area contributed by atoms with E-state index in [-0.39, 0.29) is 6.04 Å². The van der Waals surface area contributed by atoms with Gasteiger partial charge in [-0.15, -0.1) is 11.3 Å². The Morgan fingerprint density at radius 1 is 1.29 bits per heavy atom. The van der Waals surface area contributed by atoms with E-state index in [9.17, 15) is 0 Å². The predicted octanol–water partition coefficient (Wildman–Crippen LogP) is 3.83. The highest BCUT2D eigenvalue weighted by Gasteiger charge is 2.33. The van der Waals surface area contributed by atoms with E-state index in [0.29, 0.717) is 11.7 Å². The quantitative estimate of drug-likeness (QED) is 0.555. The number of hydrogen-bond donors (Lipinski definition) is 1. The van der Waals surface area contributed by atoms with E-state index in [1.807, 2.05) is 24.3 Å². The van der Waals surface area contributed by atoms with Gasteiger partial charge in [0.05, 0.1) is 30.9 Å². The molecule has 0 bridgehead atoms. The standard InChI is InChI=1S/C20H19N5O2S/c1-26-14-6-4-13(5-7-14)19-23-20(27-24-19)18-9-16-17(22-12-21-16)11-25(18)10-15-3-2-8-28-15/h2-8,12,18H,9-11H2,1H3,(H,21,22)/t18-/m0/s1. The monoisotopic (exact) mass is 393 g/mol. The molecule has 1 aliphatic rings. The third-order valence-electron chi connectivity index (χ3n) is 5.01. The van der Waals surface area contributed by atoms with Gasteiger partial charge in [0.25, 0.3) is 0 Å². The minimum atomic E-state index is -0.00241. The van der Waals surface area contributed by atoms with Crippen molar-refractivity contribution in [2.75, 3.05) is 7.11 Å². The summed E-state index contributed by atoms with van der Waals surface area (Å²) >= 11 is 1.76. The second-order valence-electron chi connectivity index (χ2n) is 6.72. The summed E-state index contributed by atoms with van der Waals surface area (Å²) in [6.45, 7) is 1.61. The lowest BCUT2D eigenvalue weighted by Gasteiger charge is -2.32. The fraction of sp³-hybridized carbons (Fsp3) is 0.250. The van der Waals surface area contributed by atoms with Crippen LogP contribution in [0.5, 0.6) is 5.75 Å². The van der Waals surface area contributed by atoms with Crippen LogP contribution in [0.25, 0.3) is 11.4 Å². The maximum atomic E-state index is 5.69. The van der Waals surface area contributed by atoms with E-state index in [2.05, 4.69) is 37.5 Å². The van der Waals surface area contributed by atoms with Gasteiger partial charge in [-0.05, 0) is 35.7 Å².